The second kappa shape index (κ2) is 5.43. The van der Waals surface area contributed by atoms with Crippen LogP contribution in [0, 0.1) is 0 Å². The molecule has 22 heavy (non-hydrogen) atoms. The molecule has 0 radical (unpaired) electrons. The third kappa shape index (κ3) is 2.24. The fourth-order valence-corrected chi connectivity index (χ4v) is 3.25. The quantitative estimate of drug-likeness (QED) is 0.640. The Morgan fingerprint density at radius 2 is 1.09 bits per heavy atom. The van der Waals surface area contributed by atoms with Gasteiger partial charge in [0.05, 0.1) is 0 Å². The standard InChI is InChI=1S/C21H18O/c1-4-10-17(11-5-1)16-20-21(22-20,18-12-6-2-7-13-18)19-14-8-3-9-15-19/h1-15,20H,16H2. The van der Waals surface area contributed by atoms with Gasteiger partial charge >= 0.3 is 0 Å². The summed E-state index contributed by atoms with van der Waals surface area (Å²) in [5, 5.41) is 0. The lowest BCUT2D eigenvalue weighted by Crippen LogP contribution is -2.16. The number of rotatable bonds is 4. The van der Waals surface area contributed by atoms with Crippen molar-refractivity contribution in [3.8, 4) is 0 Å². The second-order valence-electron chi connectivity index (χ2n) is 5.76. The smallest absolute Gasteiger partial charge is 0.145 e. The molecule has 4 rings (SSSR count). The van der Waals surface area contributed by atoms with Crippen LogP contribution in [0.25, 0.3) is 0 Å². The number of ether oxygens (including phenoxy) is 1. The van der Waals surface area contributed by atoms with Gasteiger partial charge in [0, 0.05) is 6.42 Å². The van der Waals surface area contributed by atoms with Crippen LogP contribution >= 0.6 is 0 Å². The summed E-state index contributed by atoms with van der Waals surface area (Å²) in [6.07, 6.45) is 1.13. The van der Waals surface area contributed by atoms with E-state index in [2.05, 4.69) is 91.0 Å². The third-order valence-corrected chi connectivity index (χ3v) is 4.39. The zero-order valence-electron chi connectivity index (χ0n) is 12.4. The minimum atomic E-state index is -0.293. The average molecular weight is 286 g/mol. The lowest BCUT2D eigenvalue weighted by molar-refractivity contribution is 0.327. The molecule has 0 aliphatic carbocycles. The molecule has 3 aromatic rings. The minimum absolute atomic E-state index is 0.194. The summed E-state index contributed by atoms with van der Waals surface area (Å²) in [5.41, 5.74) is 3.50. The Morgan fingerprint density at radius 3 is 1.59 bits per heavy atom. The number of hydrogen-bond acceptors (Lipinski definition) is 1. The zero-order chi connectivity index (χ0) is 14.8. The molecule has 0 saturated carbocycles. The molecule has 0 amide bonds. The van der Waals surface area contributed by atoms with Crippen LogP contribution in [-0.2, 0) is 16.8 Å². The molecular weight excluding hydrogens is 268 g/mol. The van der Waals surface area contributed by atoms with Crippen molar-refractivity contribution >= 4 is 0 Å². The van der Waals surface area contributed by atoms with E-state index >= 15 is 0 Å². The summed E-state index contributed by atoms with van der Waals surface area (Å²) in [6, 6.07) is 31.7. The maximum atomic E-state index is 6.28. The van der Waals surface area contributed by atoms with Crippen molar-refractivity contribution < 1.29 is 4.74 Å². The van der Waals surface area contributed by atoms with E-state index in [9.17, 15) is 0 Å². The van der Waals surface area contributed by atoms with Gasteiger partial charge in [0.2, 0.25) is 0 Å². The first-order valence-corrected chi connectivity index (χ1v) is 7.72. The van der Waals surface area contributed by atoms with Crippen molar-refractivity contribution in [1.82, 2.24) is 0 Å². The summed E-state index contributed by atoms with van der Waals surface area (Å²) in [7, 11) is 0. The van der Waals surface area contributed by atoms with Crippen molar-refractivity contribution in [2.75, 3.05) is 0 Å². The number of epoxide rings is 1. The Bertz CT molecular complexity index is 695. The topological polar surface area (TPSA) is 12.5 Å². The summed E-state index contributed by atoms with van der Waals surface area (Å²) < 4.78 is 6.28. The van der Waals surface area contributed by atoms with E-state index in [0.717, 1.165) is 6.42 Å². The van der Waals surface area contributed by atoms with Gasteiger partial charge in [0.1, 0.15) is 11.7 Å². The van der Waals surface area contributed by atoms with Crippen LogP contribution in [0.2, 0.25) is 0 Å². The van der Waals surface area contributed by atoms with Crippen LogP contribution in [0.15, 0.2) is 91.0 Å². The Morgan fingerprint density at radius 1 is 0.636 bits per heavy atom. The molecule has 0 aromatic heterocycles. The molecule has 1 nitrogen and oxygen atoms in total. The monoisotopic (exact) mass is 286 g/mol. The maximum Gasteiger partial charge on any atom is 0.145 e. The largest absolute Gasteiger partial charge is 0.355 e. The van der Waals surface area contributed by atoms with E-state index < -0.39 is 0 Å². The van der Waals surface area contributed by atoms with E-state index in [1.807, 2.05) is 0 Å². The predicted molar refractivity (Wildman–Crippen MR) is 88.7 cm³/mol. The molecule has 108 valence electrons. The Balaban J connectivity index is 1.71. The molecule has 1 aliphatic rings. The first-order valence-electron chi connectivity index (χ1n) is 7.72. The van der Waals surface area contributed by atoms with Crippen LogP contribution in [-0.4, -0.2) is 6.10 Å². The summed E-state index contributed by atoms with van der Waals surface area (Å²) in [4.78, 5) is 0. The van der Waals surface area contributed by atoms with Gasteiger partial charge in [-0.1, -0.05) is 91.0 Å². The number of hydrogen-bond donors (Lipinski definition) is 0. The van der Waals surface area contributed by atoms with Gasteiger partial charge in [-0.25, -0.2) is 0 Å². The molecule has 0 bridgehead atoms. The minimum Gasteiger partial charge on any atom is -0.355 e. The summed E-state index contributed by atoms with van der Waals surface area (Å²) in [6.45, 7) is 0. The molecule has 0 N–H and O–H groups in total. The summed E-state index contributed by atoms with van der Waals surface area (Å²) in [5.74, 6) is 0. The van der Waals surface area contributed by atoms with Gasteiger partial charge < -0.3 is 4.74 Å². The highest BCUT2D eigenvalue weighted by molar-refractivity contribution is 5.43. The van der Waals surface area contributed by atoms with Crippen molar-refractivity contribution in [1.29, 1.82) is 0 Å². The van der Waals surface area contributed by atoms with Crippen LogP contribution in [0.3, 0.4) is 0 Å². The normalized spacial score (nSPS) is 18.8. The molecule has 0 spiro atoms. The average Bonchev–Trinajstić information content (AvgIpc) is 3.32. The van der Waals surface area contributed by atoms with E-state index in [1.54, 1.807) is 0 Å². The van der Waals surface area contributed by atoms with E-state index in [0.29, 0.717) is 0 Å². The molecule has 1 atom stereocenters. The second-order valence-corrected chi connectivity index (χ2v) is 5.76. The molecule has 1 fully saturated rings. The highest BCUT2D eigenvalue weighted by Gasteiger charge is 2.58. The first-order chi connectivity index (χ1) is 10.9. The molecule has 1 saturated heterocycles. The Labute approximate surface area is 131 Å². The van der Waals surface area contributed by atoms with Gasteiger partial charge in [-0.15, -0.1) is 0 Å². The van der Waals surface area contributed by atoms with Crippen LogP contribution in [0.1, 0.15) is 16.7 Å². The van der Waals surface area contributed by atoms with Crippen molar-refractivity contribution in [3.05, 3.63) is 108 Å². The fourth-order valence-electron chi connectivity index (χ4n) is 3.25. The Hall–Kier alpha value is -2.38. The van der Waals surface area contributed by atoms with Crippen LogP contribution < -0.4 is 0 Å². The SMILES string of the molecule is c1ccc(CC2OC2(c2ccccc2)c2ccccc2)cc1. The molecule has 3 aromatic carbocycles. The highest BCUT2D eigenvalue weighted by atomic mass is 16.6. The van der Waals surface area contributed by atoms with Gasteiger partial charge in [-0.05, 0) is 16.7 Å². The van der Waals surface area contributed by atoms with E-state index in [-0.39, 0.29) is 11.7 Å². The molecule has 1 aliphatic heterocycles. The van der Waals surface area contributed by atoms with E-state index in [1.165, 1.54) is 16.7 Å². The fraction of sp³-hybridized carbons (Fsp3) is 0.143. The van der Waals surface area contributed by atoms with Gasteiger partial charge in [0.25, 0.3) is 0 Å². The van der Waals surface area contributed by atoms with Crippen molar-refractivity contribution in [2.45, 2.75) is 18.1 Å². The molecule has 1 unspecified atom stereocenters. The Kier molecular flexibility index (Phi) is 3.28. The lowest BCUT2D eigenvalue weighted by Gasteiger charge is -2.14. The third-order valence-electron chi connectivity index (χ3n) is 4.39. The van der Waals surface area contributed by atoms with Crippen LogP contribution in [0.4, 0.5) is 0 Å². The van der Waals surface area contributed by atoms with Gasteiger partial charge in [0.15, 0.2) is 0 Å². The van der Waals surface area contributed by atoms with E-state index in [4.69, 9.17) is 4.74 Å². The van der Waals surface area contributed by atoms with Crippen molar-refractivity contribution in [3.63, 3.8) is 0 Å². The molecule has 1 heteroatoms. The summed E-state index contributed by atoms with van der Waals surface area (Å²) >= 11 is 0. The predicted octanol–water partition coefficient (Wildman–Crippen LogP) is 4.57. The van der Waals surface area contributed by atoms with Crippen LogP contribution in [0.5, 0.6) is 0 Å². The highest BCUT2D eigenvalue weighted by Crippen LogP contribution is 2.52. The van der Waals surface area contributed by atoms with Crippen molar-refractivity contribution in [2.24, 2.45) is 0 Å². The molecular formula is C21H18O. The zero-order valence-corrected chi connectivity index (χ0v) is 12.4. The number of benzene rings is 3. The molecule has 1 heterocycles. The maximum absolute atomic E-state index is 6.28. The first kappa shape index (κ1) is 13.3. The van der Waals surface area contributed by atoms with Gasteiger partial charge in [-0.2, -0.15) is 0 Å². The lowest BCUT2D eigenvalue weighted by atomic mass is 9.86. The van der Waals surface area contributed by atoms with Gasteiger partial charge in [-0.3, -0.25) is 0 Å².